The summed E-state index contributed by atoms with van der Waals surface area (Å²) in [6, 6.07) is -1.36. The number of halogens is 3. The summed E-state index contributed by atoms with van der Waals surface area (Å²) in [5.41, 5.74) is 4.98. The first-order valence-corrected chi connectivity index (χ1v) is 4.82. The molecule has 1 aliphatic carbocycles. The third-order valence-corrected chi connectivity index (χ3v) is 2.29. The minimum atomic E-state index is -5.03. The van der Waals surface area contributed by atoms with Gasteiger partial charge in [0.25, 0.3) is 0 Å². The number of hydrogen-bond acceptors (Lipinski definition) is 2. The quantitative estimate of drug-likeness (QED) is 0.769. The van der Waals surface area contributed by atoms with Gasteiger partial charge in [-0.1, -0.05) is 24.3 Å². The fourth-order valence-corrected chi connectivity index (χ4v) is 1.46. The summed E-state index contributed by atoms with van der Waals surface area (Å²) in [5, 5.41) is 1.60. The van der Waals surface area contributed by atoms with Gasteiger partial charge in [-0.15, -0.1) is 0 Å². The number of carbonyl (C=O) groups excluding carboxylic acids is 2. The van der Waals surface area contributed by atoms with Crippen LogP contribution in [0.3, 0.4) is 0 Å². The Morgan fingerprint density at radius 3 is 2.41 bits per heavy atom. The Labute approximate surface area is 95.3 Å². The van der Waals surface area contributed by atoms with Crippen molar-refractivity contribution in [1.29, 1.82) is 0 Å². The monoisotopic (exact) mass is 248 g/mol. The number of allylic oxidation sites excluding steroid dienone is 3. The highest BCUT2D eigenvalue weighted by Crippen LogP contribution is 2.19. The van der Waals surface area contributed by atoms with Crippen LogP contribution in [0.25, 0.3) is 0 Å². The average Bonchev–Trinajstić information content (AvgIpc) is 2.25. The van der Waals surface area contributed by atoms with Crippen LogP contribution < -0.4 is 11.1 Å². The largest absolute Gasteiger partial charge is 0.471 e. The predicted octanol–water partition coefficient (Wildman–Crippen LogP) is 0.651. The van der Waals surface area contributed by atoms with E-state index < -0.39 is 30.0 Å². The van der Waals surface area contributed by atoms with Gasteiger partial charge in [-0.25, -0.2) is 0 Å². The van der Waals surface area contributed by atoms with E-state index in [1.54, 1.807) is 23.5 Å². The Kier molecular flexibility index (Phi) is 3.93. The molecule has 0 fully saturated rings. The van der Waals surface area contributed by atoms with E-state index in [2.05, 4.69) is 0 Å². The topological polar surface area (TPSA) is 72.2 Å². The molecule has 0 aromatic rings. The molecule has 2 unspecified atom stereocenters. The number of nitrogens with one attached hydrogen (secondary N) is 1. The van der Waals surface area contributed by atoms with Crippen molar-refractivity contribution in [3.8, 4) is 0 Å². The molecule has 0 saturated carbocycles. The van der Waals surface area contributed by atoms with Crippen LogP contribution in [-0.2, 0) is 9.59 Å². The molecule has 2 atom stereocenters. The standard InChI is InChI=1S/C10H11F3N2O2/c11-10(12,13)9(17)15-7(8(14)16)6-4-2-1-3-5-6/h1-4,6-7H,5H2,(H2,14,16)(H,15,17). The number of primary amides is 1. The van der Waals surface area contributed by atoms with Gasteiger partial charge in [0.05, 0.1) is 0 Å². The SMILES string of the molecule is NC(=O)C(NC(=O)C(F)(F)F)C1C=CC=CC1. The second-order valence-electron chi connectivity index (χ2n) is 3.56. The van der Waals surface area contributed by atoms with Crippen LogP contribution in [0.1, 0.15) is 6.42 Å². The molecular formula is C10H11F3N2O2. The van der Waals surface area contributed by atoms with E-state index in [9.17, 15) is 22.8 Å². The zero-order chi connectivity index (χ0) is 13.1. The summed E-state index contributed by atoms with van der Waals surface area (Å²) >= 11 is 0. The summed E-state index contributed by atoms with van der Waals surface area (Å²) in [5.74, 6) is -3.71. The fraction of sp³-hybridized carbons (Fsp3) is 0.400. The zero-order valence-corrected chi connectivity index (χ0v) is 8.70. The van der Waals surface area contributed by atoms with Gasteiger partial charge in [0, 0.05) is 5.92 Å². The average molecular weight is 248 g/mol. The molecule has 0 radical (unpaired) electrons. The third kappa shape index (κ3) is 3.61. The number of rotatable bonds is 3. The Balaban J connectivity index is 2.74. The van der Waals surface area contributed by atoms with Gasteiger partial charge in [-0.05, 0) is 6.42 Å². The predicted molar refractivity (Wildman–Crippen MR) is 53.6 cm³/mol. The Hall–Kier alpha value is -1.79. The first-order valence-electron chi connectivity index (χ1n) is 4.82. The molecule has 1 rings (SSSR count). The van der Waals surface area contributed by atoms with Crippen LogP contribution in [0.5, 0.6) is 0 Å². The van der Waals surface area contributed by atoms with Crippen molar-refractivity contribution in [2.24, 2.45) is 11.7 Å². The number of carbonyl (C=O) groups is 2. The molecule has 7 heteroatoms. The minimum Gasteiger partial charge on any atom is -0.368 e. The first-order chi connectivity index (χ1) is 7.82. The number of alkyl halides is 3. The molecule has 17 heavy (non-hydrogen) atoms. The lowest BCUT2D eigenvalue weighted by molar-refractivity contribution is -0.175. The molecular weight excluding hydrogens is 237 g/mol. The van der Waals surface area contributed by atoms with E-state index >= 15 is 0 Å². The van der Waals surface area contributed by atoms with E-state index in [-0.39, 0.29) is 0 Å². The van der Waals surface area contributed by atoms with E-state index in [0.717, 1.165) is 0 Å². The number of amides is 2. The van der Waals surface area contributed by atoms with Crippen LogP contribution in [0, 0.1) is 5.92 Å². The molecule has 0 heterocycles. The lowest BCUT2D eigenvalue weighted by Crippen LogP contribution is -2.52. The molecule has 0 saturated heterocycles. The normalized spacial score (nSPS) is 21.0. The first kappa shape index (κ1) is 13.3. The van der Waals surface area contributed by atoms with E-state index in [1.807, 2.05) is 0 Å². The molecule has 0 aromatic carbocycles. The number of hydrogen-bond donors (Lipinski definition) is 2. The van der Waals surface area contributed by atoms with E-state index in [0.29, 0.717) is 6.42 Å². The molecule has 1 aliphatic rings. The minimum absolute atomic E-state index is 0.349. The summed E-state index contributed by atoms with van der Waals surface area (Å²) in [4.78, 5) is 21.8. The molecule has 2 amide bonds. The van der Waals surface area contributed by atoms with Crippen LogP contribution >= 0.6 is 0 Å². The molecule has 3 N–H and O–H groups in total. The van der Waals surface area contributed by atoms with Gasteiger partial charge in [-0.3, -0.25) is 9.59 Å². The van der Waals surface area contributed by atoms with Crippen molar-refractivity contribution < 1.29 is 22.8 Å². The zero-order valence-electron chi connectivity index (χ0n) is 8.70. The summed E-state index contributed by atoms with van der Waals surface area (Å²) in [6.45, 7) is 0. The smallest absolute Gasteiger partial charge is 0.368 e. The van der Waals surface area contributed by atoms with Crippen molar-refractivity contribution in [3.05, 3.63) is 24.3 Å². The van der Waals surface area contributed by atoms with Gasteiger partial charge >= 0.3 is 12.1 Å². The lowest BCUT2D eigenvalue weighted by Gasteiger charge is -2.23. The van der Waals surface area contributed by atoms with Crippen molar-refractivity contribution >= 4 is 11.8 Å². The highest BCUT2D eigenvalue weighted by Gasteiger charge is 2.41. The summed E-state index contributed by atoms with van der Waals surface area (Å²) in [7, 11) is 0. The maximum atomic E-state index is 12.0. The molecule has 0 bridgehead atoms. The highest BCUT2D eigenvalue weighted by molar-refractivity contribution is 5.89. The van der Waals surface area contributed by atoms with Gasteiger partial charge in [0.1, 0.15) is 6.04 Å². The highest BCUT2D eigenvalue weighted by atomic mass is 19.4. The molecule has 94 valence electrons. The van der Waals surface area contributed by atoms with Crippen LogP contribution in [0.15, 0.2) is 24.3 Å². The van der Waals surface area contributed by atoms with Gasteiger partial charge < -0.3 is 11.1 Å². The van der Waals surface area contributed by atoms with Gasteiger partial charge in [-0.2, -0.15) is 13.2 Å². The van der Waals surface area contributed by atoms with E-state index in [4.69, 9.17) is 5.73 Å². The molecule has 0 aromatic heterocycles. The summed E-state index contributed by atoms with van der Waals surface area (Å²) in [6.07, 6.45) is 1.82. The van der Waals surface area contributed by atoms with Gasteiger partial charge in [0.2, 0.25) is 5.91 Å². The molecule has 0 spiro atoms. The van der Waals surface area contributed by atoms with E-state index in [1.165, 1.54) is 6.08 Å². The Morgan fingerprint density at radius 1 is 1.35 bits per heavy atom. The molecule has 4 nitrogen and oxygen atoms in total. The van der Waals surface area contributed by atoms with Crippen molar-refractivity contribution in [2.75, 3.05) is 0 Å². The van der Waals surface area contributed by atoms with Crippen molar-refractivity contribution in [1.82, 2.24) is 5.32 Å². The Morgan fingerprint density at radius 2 is 2.00 bits per heavy atom. The van der Waals surface area contributed by atoms with Crippen LogP contribution in [0.2, 0.25) is 0 Å². The molecule has 0 aliphatic heterocycles. The maximum Gasteiger partial charge on any atom is 0.471 e. The fourth-order valence-electron chi connectivity index (χ4n) is 1.46. The second-order valence-corrected chi connectivity index (χ2v) is 3.56. The second kappa shape index (κ2) is 5.03. The maximum absolute atomic E-state index is 12.0. The van der Waals surface area contributed by atoms with Crippen LogP contribution in [0.4, 0.5) is 13.2 Å². The van der Waals surface area contributed by atoms with Crippen molar-refractivity contribution in [2.45, 2.75) is 18.6 Å². The van der Waals surface area contributed by atoms with Crippen molar-refractivity contribution in [3.63, 3.8) is 0 Å². The number of nitrogens with two attached hydrogens (primary N) is 1. The van der Waals surface area contributed by atoms with Crippen LogP contribution in [-0.4, -0.2) is 24.0 Å². The van der Waals surface area contributed by atoms with Gasteiger partial charge in [0.15, 0.2) is 0 Å². The lowest BCUT2D eigenvalue weighted by atomic mass is 9.92. The summed E-state index contributed by atoms with van der Waals surface area (Å²) < 4.78 is 36.1. The third-order valence-electron chi connectivity index (χ3n) is 2.29. The Bertz CT molecular complexity index is 374.